The minimum Gasteiger partial charge on any atom is -0.444 e. The lowest BCUT2D eigenvalue weighted by Gasteiger charge is -2.46. The fourth-order valence-corrected chi connectivity index (χ4v) is 5.34. The zero-order valence-corrected chi connectivity index (χ0v) is 16.2. The van der Waals surface area contributed by atoms with E-state index >= 15 is 0 Å². The van der Waals surface area contributed by atoms with E-state index in [1.54, 1.807) is 34.6 Å². The molecule has 1 aliphatic heterocycles. The van der Waals surface area contributed by atoms with Gasteiger partial charge in [0.25, 0.3) is 0 Å². The van der Waals surface area contributed by atoms with Crippen molar-refractivity contribution >= 4 is 25.5 Å². The van der Waals surface area contributed by atoms with Gasteiger partial charge in [-0.15, -0.1) is 11.8 Å². The Morgan fingerprint density at radius 1 is 1.26 bits per heavy atom. The van der Waals surface area contributed by atoms with E-state index in [9.17, 15) is 14.5 Å². The van der Waals surface area contributed by atoms with Gasteiger partial charge in [-0.05, 0) is 34.6 Å². The van der Waals surface area contributed by atoms with Crippen LogP contribution in [-0.2, 0) is 18.3 Å². The minimum absolute atomic E-state index is 0.184. The van der Waals surface area contributed by atoms with Gasteiger partial charge in [0.15, 0.2) is 0 Å². The van der Waals surface area contributed by atoms with Crippen molar-refractivity contribution in [3.8, 4) is 0 Å². The first-order valence-electron chi connectivity index (χ1n) is 7.69. The van der Waals surface area contributed by atoms with Crippen LogP contribution in [-0.4, -0.2) is 64.9 Å². The maximum atomic E-state index is 12.3. The van der Waals surface area contributed by atoms with E-state index in [-0.39, 0.29) is 18.6 Å². The summed E-state index contributed by atoms with van der Waals surface area (Å²) < 4.78 is 27.9. The van der Waals surface area contributed by atoms with E-state index in [0.29, 0.717) is 19.0 Å². The second-order valence-electron chi connectivity index (χ2n) is 6.48. The van der Waals surface area contributed by atoms with E-state index in [1.807, 2.05) is 0 Å². The van der Waals surface area contributed by atoms with Crippen molar-refractivity contribution in [1.29, 1.82) is 0 Å². The number of hydrogen-bond donors (Lipinski definition) is 1. The Balaban J connectivity index is 2.37. The number of carbonyl (C=O) groups is 1. The molecule has 23 heavy (non-hydrogen) atoms. The summed E-state index contributed by atoms with van der Waals surface area (Å²) in [6, 6.07) is 0. The van der Waals surface area contributed by atoms with Crippen LogP contribution in [0.1, 0.15) is 34.6 Å². The molecule has 0 radical (unpaired) electrons. The van der Waals surface area contributed by atoms with Crippen LogP contribution in [0.4, 0.5) is 4.79 Å². The highest BCUT2D eigenvalue weighted by Gasteiger charge is 2.45. The SMILES string of the molecule is CCOP(=O)(CSCC1(O)CN(C(=O)OC(C)(C)C)C1)OCC. The van der Waals surface area contributed by atoms with Crippen molar-refractivity contribution in [3.05, 3.63) is 0 Å². The van der Waals surface area contributed by atoms with Gasteiger partial charge >= 0.3 is 13.7 Å². The van der Waals surface area contributed by atoms with Gasteiger partial charge in [-0.3, -0.25) is 4.57 Å². The highest BCUT2D eigenvalue weighted by molar-refractivity contribution is 8.04. The summed E-state index contributed by atoms with van der Waals surface area (Å²) in [5.41, 5.74) is -1.35. The number of thioether (sulfide) groups is 1. The smallest absolute Gasteiger partial charge is 0.410 e. The molecule has 1 fully saturated rings. The predicted molar refractivity (Wildman–Crippen MR) is 90.9 cm³/mol. The van der Waals surface area contributed by atoms with Crippen LogP contribution in [0.25, 0.3) is 0 Å². The number of likely N-dealkylation sites (tertiary alicyclic amines) is 1. The number of nitrogens with zero attached hydrogens (tertiary/aromatic N) is 1. The van der Waals surface area contributed by atoms with Crippen molar-refractivity contribution in [3.63, 3.8) is 0 Å². The quantitative estimate of drug-likeness (QED) is 0.658. The minimum atomic E-state index is -3.11. The third-order valence-corrected chi connectivity index (χ3v) is 6.93. The number of rotatable bonds is 8. The first-order chi connectivity index (χ1) is 10.5. The van der Waals surface area contributed by atoms with Gasteiger partial charge in [-0.25, -0.2) is 4.79 Å². The molecule has 9 heteroatoms. The molecule has 0 bridgehead atoms. The third kappa shape index (κ3) is 7.01. The summed E-state index contributed by atoms with van der Waals surface area (Å²) in [6.07, 6.45) is -0.429. The van der Waals surface area contributed by atoms with Gasteiger partial charge in [0.1, 0.15) is 11.2 Å². The van der Waals surface area contributed by atoms with E-state index in [0.717, 1.165) is 0 Å². The van der Waals surface area contributed by atoms with Gasteiger partial charge in [0, 0.05) is 5.75 Å². The molecule has 0 aromatic rings. The van der Waals surface area contributed by atoms with Crippen molar-refractivity contribution in [2.75, 3.05) is 37.6 Å². The zero-order chi connectivity index (χ0) is 17.7. The highest BCUT2D eigenvalue weighted by atomic mass is 32.2. The molecule has 0 atom stereocenters. The van der Waals surface area contributed by atoms with Gasteiger partial charge in [-0.1, -0.05) is 0 Å². The zero-order valence-electron chi connectivity index (χ0n) is 14.5. The lowest BCUT2D eigenvalue weighted by molar-refractivity contribution is -0.0834. The summed E-state index contributed by atoms with van der Waals surface area (Å²) in [7, 11) is -3.11. The Kier molecular flexibility index (Phi) is 7.41. The Morgan fingerprint density at radius 2 is 1.78 bits per heavy atom. The van der Waals surface area contributed by atoms with Crippen LogP contribution >= 0.6 is 19.4 Å². The van der Waals surface area contributed by atoms with Gasteiger partial charge < -0.3 is 23.8 Å². The standard InChI is InChI=1S/C14H28NO6PS/c1-6-19-22(18,20-7-2)11-23-10-14(17)8-15(9-14)12(16)21-13(3,4)5/h17H,6-11H2,1-5H3. The van der Waals surface area contributed by atoms with Crippen molar-refractivity contribution in [2.24, 2.45) is 0 Å². The van der Waals surface area contributed by atoms with Crippen LogP contribution < -0.4 is 0 Å². The normalized spacial score (nSPS) is 17.7. The summed E-state index contributed by atoms with van der Waals surface area (Å²) >= 11 is 1.31. The number of amides is 1. The molecule has 1 aliphatic rings. The first kappa shape index (κ1) is 20.8. The molecule has 0 aromatic carbocycles. The second-order valence-corrected chi connectivity index (χ2v) is 9.95. The Hall–Kier alpha value is -0.270. The molecule has 0 aliphatic carbocycles. The molecule has 0 aromatic heterocycles. The fourth-order valence-electron chi connectivity index (χ4n) is 2.06. The molecular weight excluding hydrogens is 341 g/mol. The third-order valence-electron chi connectivity index (χ3n) is 2.89. The van der Waals surface area contributed by atoms with Crippen LogP contribution in [0.5, 0.6) is 0 Å². The predicted octanol–water partition coefficient (Wildman–Crippen LogP) is 2.93. The second kappa shape index (κ2) is 8.21. The largest absolute Gasteiger partial charge is 0.444 e. The monoisotopic (exact) mass is 369 g/mol. The number of hydrogen-bond acceptors (Lipinski definition) is 7. The van der Waals surface area contributed by atoms with Gasteiger partial charge in [-0.2, -0.15) is 0 Å². The molecular formula is C14H28NO6PS. The fraction of sp³-hybridized carbons (Fsp3) is 0.929. The average Bonchev–Trinajstić information content (AvgIpc) is 2.34. The van der Waals surface area contributed by atoms with Gasteiger partial charge in [0.2, 0.25) is 0 Å². The Bertz CT molecular complexity index is 437. The van der Waals surface area contributed by atoms with Crippen molar-refractivity contribution in [1.82, 2.24) is 4.90 Å². The number of aliphatic hydroxyl groups is 1. The average molecular weight is 369 g/mol. The molecule has 0 spiro atoms. The summed E-state index contributed by atoms with van der Waals surface area (Å²) in [5, 5.41) is 10.3. The number of ether oxygens (including phenoxy) is 1. The van der Waals surface area contributed by atoms with Crippen LogP contribution in [0.3, 0.4) is 0 Å². The van der Waals surface area contributed by atoms with E-state index < -0.39 is 24.9 Å². The molecule has 1 heterocycles. The molecule has 0 unspecified atom stereocenters. The maximum absolute atomic E-state index is 12.3. The Morgan fingerprint density at radius 3 is 2.22 bits per heavy atom. The Labute approximate surface area is 142 Å². The topological polar surface area (TPSA) is 85.3 Å². The molecule has 1 amide bonds. The number of carbonyl (C=O) groups excluding carboxylic acids is 1. The maximum Gasteiger partial charge on any atom is 0.410 e. The molecule has 7 nitrogen and oxygen atoms in total. The lowest BCUT2D eigenvalue weighted by atomic mass is 9.97. The molecule has 1 saturated heterocycles. The number of β-amino-alcohol motifs (C(OH)–C–C–N with tert-alkyl or cyclic N) is 1. The molecule has 1 N–H and O–H groups in total. The van der Waals surface area contributed by atoms with E-state index in [1.165, 1.54) is 16.7 Å². The molecule has 136 valence electrons. The van der Waals surface area contributed by atoms with E-state index in [4.69, 9.17) is 13.8 Å². The first-order valence-corrected chi connectivity index (χ1v) is 10.6. The van der Waals surface area contributed by atoms with Gasteiger partial charge in [0.05, 0.1) is 31.8 Å². The van der Waals surface area contributed by atoms with Crippen LogP contribution in [0, 0.1) is 0 Å². The van der Waals surface area contributed by atoms with Crippen molar-refractivity contribution in [2.45, 2.75) is 45.8 Å². The molecule has 1 rings (SSSR count). The van der Waals surface area contributed by atoms with Crippen molar-refractivity contribution < 1.29 is 28.3 Å². The van der Waals surface area contributed by atoms with Crippen LogP contribution in [0.15, 0.2) is 0 Å². The lowest BCUT2D eigenvalue weighted by Crippen LogP contribution is -2.65. The van der Waals surface area contributed by atoms with Crippen LogP contribution in [0.2, 0.25) is 0 Å². The highest BCUT2D eigenvalue weighted by Crippen LogP contribution is 2.51. The molecule has 0 saturated carbocycles. The van der Waals surface area contributed by atoms with E-state index in [2.05, 4.69) is 0 Å². The summed E-state index contributed by atoms with van der Waals surface area (Å²) in [5.74, 6) is 0.358. The summed E-state index contributed by atoms with van der Waals surface area (Å²) in [4.78, 5) is 13.3. The summed E-state index contributed by atoms with van der Waals surface area (Å²) in [6.45, 7) is 9.96.